The molecule has 7 nitrogen and oxygen atoms in total. The lowest BCUT2D eigenvalue weighted by Gasteiger charge is -2.38. The highest BCUT2D eigenvalue weighted by Crippen LogP contribution is 2.44. The first-order valence-corrected chi connectivity index (χ1v) is 11.0. The molecule has 32 heavy (non-hydrogen) atoms. The standard InChI is InChI=1S/C22H17ClFN5O2S/c1-31-17-7-14(24)3-4-16(17)18-19(27-22(23)20-21(18)32-12-25-20)13-8-26-29(9-13)15-10-28(11-15)5-2-6-30/h2-9,12,15H,10-11H2,1H3. The Morgan fingerprint density at radius 1 is 1.34 bits per heavy atom. The molecule has 4 heterocycles. The van der Waals surface area contributed by atoms with Crippen LogP contribution < -0.4 is 4.74 Å². The van der Waals surface area contributed by atoms with Crippen molar-refractivity contribution in [1.82, 2.24) is 24.6 Å². The van der Waals surface area contributed by atoms with E-state index in [9.17, 15) is 9.18 Å². The van der Waals surface area contributed by atoms with Crippen molar-refractivity contribution in [3.8, 4) is 28.1 Å². The van der Waals surface area contributed by atoms with Crippen molar-refractivity contribution in [1.29, 1.82) is 0 Å². The van der Waals surface area contributed by atoms with Crippen LogP contribution >= 0.6 is 22.9 Å². The zero-order valence-corrected chi connectivity index (χ0v) is 18.5. The van der Waals surface area contributed by atoms with Crippen molar-refractivity contribution in [2.45, 2.75) is 6.04 Å². The summed E-state index contributed by atoms with van der Waals surface area (Å²) in [6.45, 7) is 1.51. The number of allylic oxidation sites excluding steroid dienone is 1. The number of carbonyl (C=O) groups excluding carboxylic acids is 1. The summed E-state index contributed by atoms with van der Waals surface area (Å²) in [4.78, 5) is 21.5. The second-order valence-corrected chi connectivity index (χ2v) is 8.51. The second kappa shape index (κ2) is 8.33. The Hall–Kier alpha value is -3.30. The van der Waals surface area contributed by atoms with E-state index in [4.69, 9.17) is 16.3 Å². The number of hydrogen-bond donors (Lipinski definition) is 0. The van der Waals surface area contributed by atoms with Gasteiger partial charge >= 0.3 is 0 Å². The summed E-state index contributed by atoms with van der Waals surface area (Å²) in [5, 5.41) is 4.82. The van der Waals surface area contributed by atoms with Crippen LogP contribution in [-0.4, -0.2) is 51.1 Å². The molecule has 1 aliphatic rings. The molecule has 1 aliphatic heterocycles. The summed E-state index contributed by atoms with van der Waals surface area (Å²) in [6, 6.07) is 4.60. The maximum Gasteiger partial charge on any atom is 0.156 e. The Balaban J connectivity index is 1.60. The first kappa shape index (κ1) is 20.6. The van der Waals surface area contributed by atoms with Crippen molar-refractivity contribution < 1.29 is 13.9 Å². The van der Waals surface area contributed by atoms with Crippen LogP contribution in [0, 0.1) is 5.82 Å². The monoisotopic (exact) mass is 469 g/mol. The number of rotatable bonds is 6. The van der Waals surface area contributed by atoms with E-state index in [-0.39, 0.29) is 11.9 Å². The predicted octanol–water partition coefficient (Wildman–Crippen LogP) is 4.59. The average Bonchev–Trinajstić information content (AvgIpc) is 3.43. The SMILES string of the molecule is COc1cc(F)ccc1-c1c(-c2cnn(C3CN(C=CC=O)C3)c2)nc(Cl)c2ncsc12. The molecule has 0 saturated carbocycles. The van der Waals surface area contributed by atoms with Crippen molar-refractivity contribution >= 4 is 39.4 Å². The Kier molecular flexibility index (Phi) is 5.36. The summed E-state index contributed by atoms with van der Waals surface area (Å²) >= 11 is 7.90. The molecule has 10 heteroatoms. The third-order valence-electron chi connectivity index (χ3n) is 5.38. The van der Waals surface area contributed by atoms with Gasteiger partial charge in [0.15, 0.2) is 5.15 Å². The molecule has 0 radical (unpaired) electrons. The number of thiazole rings is 1. The lowest BCUT2D eigenvalue weighted by Crippen LogP contribution is -2.44. The Morgan fingerprint density at radius 3 is 2.97 bits per heavy atom. The quantitative estimate of drug-likeness (QED) is 0.233. The zero-order chi connectivity index (χ0) is 22.2. The first-order chi connectivity index (χ1) is 15.6. The third kappa shape index (κ3) is 3.53. The topological polar surface area (TPSA) is 73.1 Å². The minimum absolute atomic E-state index is 0.187. The molecule has 1 fully saturated rings. The molecule has 1 saturated heterocycles. The average molecular weight is 470 g/mol. The lowest BCUT2D eigenvalue weighted by atomic mass is 9.99. The van der Waals surface area contributed by atoms with Gasteiger partial charge in [-0.25, -0.2) is 14.4 Å². The molecule has 5 rings (SSSR count). The van der Waals surface area contributed by atoms with E-state index in [1.807, 2.05) is 15.8 Å². The van der Waals surface area contributed by atoms with Gasteiger partial charge in [0.05, 0.1) is 35.3 Å². The van der Waals surface area contributed by atoms with E-state index >= 15 is 0 Å². The molecule has 0 atom stereocenters. The molecule has 1 aromatic carbocycles. The van der Waals surface area contributed by atoms with Crippen LogP contribution in [0.1, 0.15) is 6.04 Å². The van der Waals surface area contributed by atoms with E-state index in [1.165, 1.54) is 36.7 Å². The van der Waals surface area contributed by atoms with Gasteiger partial charge in [-0.05, 0) is 18.2 Å². The Morgan fingerprint density at radius 2 is 2.19 bits per heavy atom. The summed E-state index contributed by atoms with van der Waals surface area (Å²) in [5.74, 6) is 0.00895. The molecule has 0 spiro atoms. The number of ether oxygens (including phenoxy) is 1. The van der Waals surface area contributed by atoms with Crippen molar-refractivity contribution in [3.63, 3.8) is 0 Å². The normalized spacial score (nSPS) is 14.3. The van der Waals surface area contributed by atoms with E-state index in [2.05, 4.69) is 15.1 Å². The zero-order valence-electron chi connectivity index (χ0n) is 16.9. The number of methoxy groups -OCH3 is 1. The van der Waals surface area contributed by atoms with Crippen LogP contribution in [0.5, 0.6) is 5.75 Å². The van der Waals surface area contributed by atoms with Gasteiger partial charge in [0, 0.05) is 48.2 Å². The maximum absolute atomic E-state index is 13.9. The molecule has 0 N–H and O–H groups in total. The fraction of sp³-hybridized carbons (Fsp3) is 0.182. The summed E-state index contributed by atoms with van der Waals surface area (Å²) in [7, 11) is 1.50. The van der Waals surface area contributed by atoms with E-state index in [0.29, 0.717) is 27.7 Å². The van der Waals surface area contributed by atoms with Gasteiger partial charge in [-0.1, -0.05) is 11.6 Å². The van der Waals surface area contributed by atoms with Crippen LogP contribution in [0.15, 0.2) is 48.4 Å². The molecule has 3 aromatic heterocycles. The lowest BCUT2D eigenvalue weighted by molar-refractivity contribution is -0.104. The van der Waals surface area contributed by atoms with Crippen LogP contribution in [0.3, 0.4) is 0 Å². The van der Waals surface area contributed by atoms with Crippen LogP contribution in [0.2, 0.25) is 5.15 Å². The minimum Gasteiger partial charge on any atom is -0.496 e. The number of likely N-dealkylation sites (tertiary alicyclic amines) is 1. The van der Waals surface area contributed by atoms with E-state index < -0.39 is 0 Å². The number of pyridine rings is 1. The van der Waals surface area contributed by atoms with Gasteiger partial charge < -0.3 is 9.64 Å². The van der Waals surface area contributed by atoms with E-state index in [0.717, 1.165) is 35.2 Å². The van der Waals surface area contributed by atoms with Gasteiger partial charge in [-0.3, -0.25) is 9.48 Å². The molecule has 162 valence electrons. The number of halogens is 2. The Bertz CT molecular complexity index is 1350. The number of nitrogens with zero attached hydrogens (tertiary/aromatic N) is 5. The molecule has 4 aromatic rings. The molecule has 0 aliphatic carbocycles. The van der Waals surface area contributed by atoms with Gasteiger partial charge in [0.2, 0.25) is 0 Å². The van der Waals surface area contributed by atoms with Crippen molar-refractivity contribution in [2.24, 2.45) is 0 Å². The number of benzene rings is 1. The van der Waals surface area contributed by atoms with Gasteiger partial charge in [-0.2, -0.15) is 5.10 Å². The first-order valence-electron chi connectivity index (χ1n) is 9.76. The summed E-state index contributed by atoms with van der Waals surface area (Å²) < 4.78 is 22.1. The maximum atomic E-state index is 13.9. The fourth-order valence-electron chi connectivity index (χ4n) is 3.81. The summed E-state index contributed by atoms with van der Waals surface area (Å²) in [5.41, 5.74) is 5.17. The number of aldehydes is 1. The highest BCUT2D eigenvalue weighted by molar-refractivity contribution is 7.17. The van der Waals surface area contributed by atoms with E-state index in [1.54, 1.807) is 24.0 Å². The Labute approximate surface area is 191 Å². The van der Waals surface area contributed by atoms with Crippen LogP contribution in [0.4, 0.5) is 4.39 Å². The molecule has 0 bridgehead atoms. The number of fused-ring (bicyclic) bond motifs is 1. The van der Waals surface area contributed by atoms with Crippen LogP contribution in [-0.2, 0) is 4.79 Å². The van der Waals surface area contributed by atoms with Gasteiger partial charge in [-0.15, -0.1) is 11.3 Å². The predicted molar refractivity (Wildman–Crippen MR) is 121 cm³/mol. The van der Waals surface area contributed by atoms with Gasteiger partial charge in [0.25, 0.3) is 0 Å². The highest BCUT2D eigenvalue weighted by Gasteiger charge is 2.28. The molecule has 0 unspecified atom stereocenters. The third-order valence-corrected chi connectivity index (χ3v) is 6.49. The second-order valence-electron chi connectivity index (χ2n) is 7.30. The molecular weight excluding hydrogens is 453 g/mol. The van der Waals surface area contributed by atoms with Crippen molar-refractivity contribution in [2.75, 3.05) is 20.2 Å². The number of aromatic nitrogens is 4. The van der Waals surface area contributed by atoms with Crippen molar-refractivity contribution in [3.05, 3.63) is 59.3 Å². The number of carbonyl (C=O) groups is 1. The van der Waals surface area contributed by atoms with Crippen LogP contribution in [0.25, 0.3) is 32.6 Å². The van der Waals surface area contributed by atoms with Gasteiger partial charge in [0.1, 0.15) is 23.4 Å². The number of hydrogen-bond acceptors (Lipinski definition) is 7. The smallest absolute Gasteiger partial charge is 0.156 e. The largest absolute Gasteiger partial charge is 0.496 e. The molecule has 0 amide bonds. The highest BCUT2D eigenvalue weighted by atomic mass is 35.5. The fourth-order valence-corrected chi connectivity index (χ4v) is 4.94. The molecular formula is C22H17ClFN5O2S. The minimum atomic E-state index is -0.388. The summed E-state index contributed by atoms with van der Waals surface area (Å²) in [6.07, 6.45) is 7.68.